The maximum absolute atomic E-state index is 11.3. The highest BCUT2D eigenvalue weighted by molar-refractivity contribution is 7.99. The Labute approximate surface area is 110 Å². The molecule has 1 heterocycles. The molecule has 2 unspecified atom stereocenters. The van der Waals surface area contributed by atoms with E-state index in [9.17, 15) is 4.79 Å². The number of para-hydroxylation sites is 1. The van der Waals surface area contributed by atoms with Crippen LogP contribution in [-0.2, 0) is 9.53 Å². The highest BCUT2D eigenvalue weighted by atomic mass is 32.2. The first-order chi connectivity index (χ1) is 8.70. The van der Waals surface area contributed by atoms with E-state index in [-0.39, 0.29) is 12.0 Å². The molecule has 1 aliphatic rings. The molecule has 1 fully saturated rings. The van der Waals surface area contributed by atoms with Crippen molar-refractivity contribution >= 4 is 23.4 Å². The molecule has 1 aromatic rings. The van der Waals surface area contributed by atoms with Gasteiger partial charge in [-0.25, -0.2) is 5.84 Å². The predicted octanol–water partition coefficient (Wildman–Crippen LogP) is 0.898. The third kappa shape index (κ3) is 3.16. The average Bonchev–Trinajstić information content (AvgIpc) is 2.86. The molecule has 1 saturated heterocycles. The van der Waals surface area contributed by atoms with Crippen molar-refractivity contribution in [3.05, 3.63) is 24.3 Å². The molecule has 1 aromatic carbocycles. The van der Waals surface area contributed by atoms with Crippen LogP contribution in [-0.4, -0.2) is 23.9 Å². The predicted molar refractivity (Wildman–Crippen MR) is 71.8 cm³/mol. The maximum atomic E-state index is 11.3. The van der Waals surface area contributed by atoms with Gasteiger partial charge in [-0.3, -0.25) is 10.2 Å². The van der Waals surface area contributed by atoms with Gasteiger partial charge in [0.15, 0.2) is 0 Å². The van der Waals surface area contributed by atoms with Crippen molar-refractivity contribution in [3.8, 4) is 0 Å². The number of nitrogens with one attached hydrogen (secondary N) is 1. The fourth-order valence-corrected chi connectivity index (χ4v) is 2.93. The zero-order valence-corrected chi connectivity index (χ0v) is 10.8. The molecule has 2 atom stereocenters. The molecule has 0 radical (unpaired) electrons. The van der Waals surface area contributed by atoms with Crippen molar-refractivity contribution < 1.29 is 9.53 Å². The van der Waals surface area contributed by atoms with Crippen LogP contribution < -0.4 is 17.0 Å². The summed E-state index contributed by atoms with van der Waals surface area (Å²) in [5.41, 5.74) is 8.75. The lowest BCUT2D eigenvalue weighted by Gasteiger charge is -2.12. The number of hydrazine groups is 1. The van der Waals surface area contributed by atoms with Crippen LogP contribution in [0, 0.1) is 0 Å². The van der Waals surface area contributed by atoms with Gasteiger partial charge in [0.2, 0.25) is 0 Å². The normalized spacial score (nSPS) is 22.9. The molecule has 5 N–H and O–H groups in total. The summed E-state index contributed by atoms with van der Waals surface area (Å²) in [4.78, 5) is 12.3. The Morgan fingerprint density at radius 1 is 1.44 bits per heavy atom. The van der Waals surface area contributed by atoms with Gasteiger partial charge in [0, 0.05) is 16.3 Å². The molecule has 6 heteroatoms. The molecule has 5 nitrogen and oxygen atoms in total. The van der Waals surface area contributed by atoms with Crippen molar-refractivity contribution in [2.75, 3.05) is 11.5 Å². The molecule has 98 valence electrons. The number of carbonyl (C=O) groups excluding carboxylic acids is 1. The van der Waals surface area contributed by atoms with Gasteiger partial charge in [-0.1, -0.05) is 12.1 Å². The van der Waals surface area contributed by atoms with Crippen LogP contribution in [0.5, 0.6) is 0 Å². The third-order valence-electron chi connectivity index (χ3n) is 2.89. The second-order valence-electron chi connectivity index (χ2n) is 4.18. The van der Waals surface area contributed by atoms with Crippen LogP contribution in [0.1, 0.15) is 12.8 Å². The Morgan fingerprint density at radius 3 is 2.94 bits per heavy atom. The van der Waals surface area contributed by atoms with Crippen LogP contribution in [0.4, 0.5) is 5.69 Å². The van der Waals surface area contributed by atoms with Crippen molar-refractivity contribution in [2.24, 2.45) is 5.84 Å². The number of rotatable bonds is 4. The summed E-state index contributed by atoms with van der Waals surface area (Å²) in [6.45, 7) is 0. The van der Waals surface area contributed by atoms with E-state index in [2.05, 4.69) is 5.43 Å². The zero-order chi connectivity index (χ0) is 13.0. The number of hydrogen-bond donors (Lipinski definition) is 3. The molecule has 0 aromatic heterocycles. The molecular formula is C12H17N3O2S. The third-order valence-corrected chi connectivity index (χ3v) is 4.11. The van der Waals surface area contributed by atoms with E-state index >= 15 is 0 Å². The highest BCUT2D eigenvalue weighted by Gasteiger charge is 2.30. The molecule has 0 saturated carbocycles. The molecule has 18 heavy (non-hydrogen) atoms. The van der Waals surface area contributed by atoms with Gasteiger partial charge < -0.3 is 10.5 Å². The smallest absolute Gasteiger partial charge is 0.263 e. The number of anilines is 1. The standard InChI is InChI=1S/C12H17N3O2S/c13-9-3-1-2-4-11(9)18-7-8-5-6-10(17-8)12(16)15-14/h1-4,8,10H,5-7,13-14H2,(H,15,16). The van der Waals surface area contributed by atoms with Crippen molar-refractivity contribution in [1.82, 2.24) is 5.43 Å². The van der Waals surface area contributed by atoms with Gasteiger partial charge in [-0.05, 0) is 25.0 Å². The van der Waals surface area contributed by atoms with Crippen LogP contribution in [0.2, 0.25) is 0 Å². The number of nitrogens with two attached hydrogens (primary N) is 2. The molecule has 0 bridgehead atoms. The minimum Gasteiger partial charge on any atom is -0.398 e. The van der Waals surface area contributed by atoms with E-state index in [0.29, 0.717) is 0 Å². The number of thioether (sulfide) groups is 1. The first-order valence-electron chi connectivity index (χ1n) is 5.84. The van der Waals surface area contributed by atoms with Gasteiger partial charge in [-0.2, -0.15) is 0 Å². The number of carbonyl (C=O) groups is 1. The van der Waals surface area contributed by atoms with E-state index in [1.807, 2.05) is 24.3 Å². The topological polar surface area (TPSA) is 90.4 Å². The Bertz CT molecular complexity index is 428. The second kappa shape index (κ2) is 6.08. The van der Waals surface area contributed by atoms with Crippen LogP contribution in [0.15, 0.2) is 29.2 Å². The van der Waals surface area contributed by atoms with Crippen molar-refractivity contribution in [3.63, 3.8) is 0 Å². The molecule has 2 rings (SSSR count). The minimum atomic E-state index is -0.409. The lowest BCUT2D eigenvalue weighted by Crippen LogP contribution is -2.39. The SMILES string of the molecule is NNC(=O)C1CCC(CSc2ccccc2N)O1. The first kappa shape index (κ1) is 13.2. The summed E-state index contributed by atoms with van der Waals surface area (Å²) in [6, 6.07) is 7.73. The van der Waals surface area contributed by atoms with Crippen molar-refractivity contribution in [1.29, 1.82) is 0 Å². The van der Waals surface area contributed by atoms with Crippen LogP contribution in [0.3, 0.4) is 0 Å². The average molecular weight is 267 g/mol. The van der Waals surface area contributed by atoms with E-state index < -0.39 is 6.10 Å². The van der Waals surface area contributed by atoms with Gasteiger partial charge in [0.1, 0.15) is 6.10 Å². The molecule has 0 spiro atoms. The first-order valence-corrected chi connectivity index (χ1v) is 6.82. The molecule has 1 amide bonds. The summed E-state index contributed by atoms with van der Waals surface area (Å²) >= 11 is 1.65. The van der Waals surface area contributed by atoms with Gasteiger partial charge in [0.05, 0.1) is 6.10 Å². The highest BCUT2D eigenvalue weighted by Crippen LogP contribution is 2.29. The van der Waals surface area contributed by atoms with Gasteiger partial charge in [0.25, 0.3) is 5.91 Å². The number of nitrogen functional groups attached to an aromatic ring is 1. The fourth-order valence-electron chi connectivity index (χ4n) is 1.91. The fraction of sp³-hybridized carbons (Fsp3) is 0.417. The summed E-state index contributed by atoms with van der Waals surface area (Å²) in [5.74, 6) is 5.63. The van der Waals surface area contributed by atoms with E-state index in [0.717, 1.165) is 29.2 Å². The van der Waals surface area contributed by atoms with E-state index in [1.54, 1.807) is 11.8 Å². The summed E-state index contributed by atoms with van der Waals surface area (Å²) in [5, 5.41) is 0. The Hall–Kier alpha value is -1.24. The quantitative estimate of drug-likeness (QED) is 0.248. The number of hydrogen-bond acceptors (Lipinski definition) is 5. The summed E-state index contributed by atoms with van der Waals surface area (Å²) < 4.78 is 5.62. The number of benzene rings is 1. The number of ether oxygens (including phenoxy) is 1. The Morgan fingerprint density at radius 2 is 2.22 bits per heavy atom. The second-order valence-corrected chi connectivity index (χ2v) is 5.24. The van der Waals surface area contributed by atoms with Crippen LogP contribution in [0.25, 0.3) is 0 Å². The lowest BCUT2D eigenvalue weighted by molar-refractivity contribution is -0.131. The monoisotopic (exact) mass is 267 g/mol. The van der Waals surface area contributed by atoms with Crippen LogP contribution >= 0.6 is 11.8 Å². The Balaban J connectivity index is 1.82. The zero-order valence-electron chi connectivity index (χ0n) is 9.96. The Kier molecular flexibility index (Phi) is 4.46. The van der Waals surface area contributed by atoms with E-state index in [1.165, 1.54) is 0 Å². The summed E-state index contributed by atoms with van der Waals surface area (Å²) in [6.07, 6.45) is 1.27. The maximum Gasteiger partial charge on any atom is 0.263 e. The van der Waals surface area contributed by atoms with Gasteiger partial charge >= 0.3 is 0 Å². The number of amides is 1. The molecular weight excluding hydrogens is 250 g/mol. The minimum absolute atomic E-state index is 0.0805. The largest absolute Gasteiger partial charge is 0.398 e. The molecule has 0 aliphatic carbocycles. The van der Waals surface area contributed by atoms with Crippen molar-refractivity contribution in [2.45, 2.75) is 29.9 Å². The van der Waals surface area contributed by atoms with Gasteiger partial charge in [-0.15, -0.1) is 11.8 Å². The molecule has 1 aliphatic heterocycles. The van der Waals surface area contributed by atoms with E-state index in [4.69, 9.17) is 16.3 Å². The lowest BCUT2D eigenvalue weighted by atomic mass is 10.2. The summed E-state index contributed by atoms with van der Waals surface area (Å²) in [7, 11) is 0.